The molecule has 0 radical (unpaired) electrons. The van der Waals surface area contributed by atoms with Gasteiger partial charge in [0.05, 0.1) is 12.1 Å². The fourth-order valence-electron chi connectivity index (χ4n) is 2.90. The van der Waals surface area contributed by atoms with Gasteiger partial charge in [-0.15, -0.1) is 0 Å². The van der Waals surface area contributed by atoms with Crippen molar-refractivity contribution in [3.05, 3.63) is 35.9 Å². The lowest BCUT2D eigenvalue weighted by molar-refractivity contribution is -0.132. The van der Waals surface area contributed by atoms with E-state index >= 15 is 0 Å². The minimum absolute atomic E-state index is 0.0434. The van der Waals surface area contributed by atoms with Gasteiger partial charge in [-0.1, -0.05) is 43.7 Å². The highest BCUT2D eigenvalue weighted by Crippen LogP contribution is 2.27. The number of hydrogen-bond acceptors (Lipinski definition) is 3. The minimum atomic E-state index is -0.0750. The van der Waals surface area contributed by atoms with Crippen LogP contribution in [0, 0.1) is 0 Å². The Hall–Kier alpha value is -1.39. The zero-order valence-corrected chi connectivity index (χ0v) is 13.2. The van der Waals surface area contributed by atoms with E-state index in [0.717, 1.165) is 18.4 Å². The van der Waals surface area contributed by atoms with E-state index < -0.39 is 0 Å². The van der Waals surface area contributed by atoms with Crippen molar-refractivity contribution in [1.29, 1.82) is 0 Å². The van der Waals surface area contributed by atoms with Crippen molar-refractivity contribution in [2.24, 2.45) is 0 Å². The third kappa shape index (κ3) is 3.83. The number of amides is 1. The second kappa shape index (κ2) is 7.57. The Bertz CT molecular complexity index is 449. The third-order valence-corrected chi connectivity index (χ3v) is 3.85. The first-order valence-corrected chi connectivity index (χ1v) is 7.90. The van der Waals surface area contributed by atoms with Crippen LogP contribution >= 0.6 is 0 Å². The second-order valence-electron chi connectivity index (χ2n) is 5.58. The van der Waals surface area contributed by atoms with Crippen LogP contribution in [-0.4, -0.2) is 36.1 Å². The maximum atomic E-state index is 12.6. The van der Waals surface area contributed by atoms with Crippen molar-refractivity contribution in [1.82, 2.24) is 10.2 Å². The number of ether oxygens (including phenoxy) is 1. The van der Waals surface area contributed by atoms with Gasteiger partial charge >= 0.3 is 0 Å². The Kier molecular flexibility index (Phi) is 5.76. The molecule has 2 rings (SSSR count). The molecule has 4 nitrogen and oxygen atoms in total. The fraction of sp³-hybridized carbons (Fsp3) is 0.588. The molecule has 0 spiro atoms. The van der Waals surface area contributed by atoms with Crippen molar-refractivity contribution in [2.45, 2.75) is 51.9 Å². The molecule has 0 saturated carbocycles. The first-order chi connectivity index (χ1) is 10.2. The van der Waals surface area contributed by atoms with Gasteiger partial charge < -0.3 is 9.64 Å². The summed E-state index contributed by atoms with van der Waals surface area (Å²) in [4.78, 5) is 14.6. The molecule has 3 atom stereocenters. The van der Waals surface area contributed by atoms with E-state index in [-0.39, 0.29) is 24.2 Å². The molecule has 3 unspecified atom stereocenters. The molecule has 1 N–H and O–H groups in total. The number of rotatable bonds is 7. The zero-order valence-electron chi connectivity index (χ0n) is 13.2. The third-order valence-electron chi connectivity index (χ3n) is 3.85. The quantitative estimate of drug-likeness (QED) is 0.839. The standard InChI is InChI=1S/C17H26N2O2/c1-4-9-15-17(20)19(12-13(3)21-5-2)16(18-15)14-10-7-6-8-11-14/h6-8,10-11,13,15-16,18H,4-5,9,12H2,1-3H3. The molecule has 1 aliphatic rings. The van der Waals surface area contributed by atoms with E-state index in [4.69, 9.17) is 4.74 Å². The summed E-state index contributed by atoms with van der Waals surface area (Å²) in [6, 6.07) is 10.1. The van der Waals surface area contributed by atoms with E-state index in [0.29, 0.717) is 13.2 Å². The summed E-state index contributed by atoms with van der Waals surface area (Å²) in [5, 5.41) is 3.48. The van der Waals surface area contributed by atoms with Crippen LogP contribution in [0.15, 0.2) is 30.3 Å². The smallest absolute Gasteiger partial charge is 0.241 e. The van der Waals surface area contributed by atoms with Crippen LogP contribution < -0.4 is 5.32 Å². The van der Waals surface area contributed by atoms with Gasteiger partial charge in [-0.25, -0.2) is 0 Å². The highest BCUT2D eigenvalue weighted by Gasteiger charge is 2.39. The van der Waals surface area contributed by atoms with Crippen molar-refractivity contribution in [3.8, 4) is 0 Å². The lowest BCUT2D eigenvalue weighted by atomic mass is 10.1. The van der Waals surface area contributed by atoms with Gasteiger partial charge in [-0.2, -0.15) is 0 Å². The van der Waals surface area contributed by atoms with Crippen LogP contribution in [0.25, 0.3) is 0 Å². The van der Waals surface area contributed by atoms with Crippen LogP contribution in [0.4, 0.5) is 0 Å². The molecular weight excluding hydrogens is 264 g/mol. The van der Waals surface area contributed by atoms with Crippen molar-refractivity contribution >= 4 is 5.91 Å². The molecule has 4 heteroatoms. The number of hydrogen-bond donors (Lipinski definition) is 1. The molecule has 0 bridgehead atoms. The monoisotopic (exact) mass is 290 g/mol. The van der Waals surface area contributed by atoms with Crippen LogP contribution in [0.2, 0.25) is 0 Å². The fourth-order valence-corrected chi connectivity index (χ4v) is 2.90. The van der Waals surface area contributed by atoms with Crippen molar-refractivity contribution in [3.63, 3.8) is 0 Å². The van der Waals surface area contributed by atoms with Crippen LogP contribution in [0.5, 0.6) is 0 Å². The topological polar surface area (TPSA) is 41.6 Å². The van der Waals surface area contributed by atoms with Crippen molar-refractivity contribution < 1.29 is 9.53 Å². The van der Waals surface area contributed by atoms with Gasteiger partial charge in [0.15, 0.2) is 0 Å². The van der Waals surface area contributed by atoms with E-state index in [9.17, 15) is 4.79 Å². The maximum absolute atomic E-state index is 12.6. The van der Waals surface area contributed by atoms with Gasteiger partial charge in [-0.05, 0) is 25.8 Å². The lowest BCUT2D eigenvalue weighted by Crippen LogP contribution is -2.37. The van der Waals surface area contributed by atoms with E-state index in [1.54, 1.807) is 0 Å². The first-order valence-electron chi connectivity index (χ1n) is 7.90. The molecular formula is C17H26N2O2. The SMILES string of the molecule is CCCC1NC(c2ccccc2)N(CC(C)OCC)C1=O. The Morgan fingerprint density at radius 2 is 2.00 bits per heavy atom. The Morgan fingerprint density at radius 3 is 2.62 bits per heavy atom. The predicted molar refractivity (Wildman–Crippen MR) is 83.8 cm³/mol. The number of nitrogens with one attached hydrogen (secondary N) is 1. The van der Waals surface area contributed by atoms with Gasteiger partial charge in [0, 0.05) is 13.2 Å². The average molecular weight is 290 g/mol. The highest BCUT2D eigenvalue weighted by atomic mass is 16.5. The Morgan fingerprint density at radius 1 is 1.29 bits per heavy atom. The minimum Gasteiger partial charge on any atom is -0.377 e. The molecule has 1 aliphatic heterocycles. The second-order valence-corrected chi connectivity index (χ2v) is 5.58. The van der Waals surface area contributed by atoms with Crippen molar-refractivity contribution in [2.75, 3.05) is 13.2 Å². The highest BCUT2D eigenvalue weighted by molar-refractivity contribution is 5.84. The molecule has 1 saturated heterocycles. The predicted octanol–water partition coefficient (Wildman–Crippen LogP) is 2.71. The van der Waals surface area contributed by atoms with E-state index in [2.05, 4.69) is 24.4 Å². The number of carbonyl (C=O) groups is 1. The zero-order chi connectivity index (χ0) is 15.2. The molecule has 1 aromatic rings. The Labute approximate surface area is 127 Å². The number of benzene rings is 1. The summed E-state index contributed by atoms with van der Waals surface area (Å²) in [6.45, 7) is 7.41. The van der Waals surface area contributed by atoms with Crippen LogP contribution in [-0.2, 0) is 9.53 Å². The molecule has 0 aromatic heterocycles. The van der Waals surface area contributed by atoms with Gasteiger partial charge in [-0.3, -0.25) is 10.1 Å². The summed E-state index contributed by atoms with van der Waals surface area (Å²) in [6.07, 6.45) is 1.88. The summed E-state index contributed by atoms with van der Waals surface area (Å²) < 4.78 is 5.61. The summed E-state index contributed by atoms with van der Waals surface area (Å²) in [5.41, 5.74) is 1.13. The number of nitrogens with zero attached hydrogens (tertiary/aromatic N) is 1. The molecule has 1 aromatic carbocycles. The van der Waals surface area contributed by atoms with E-state index in [1.807, 2.05) is 36.9 Å². The van der Waals surface area contributed by atoms with Crippen LogP contribution in [0.1, 0.15) is 45.3 Å². The average Bonchev–Trinajstić information content (AvgIpc) is 2.78. The molecule has 0 aliphatic carbocycles. The normalized spacial score (nSPS) is 23.6. The maximum Gasteiger partial charge on any atom is 0.241 e. The summed E-state index contributed by atoms with van der Waals surface area (Å²) in [7, 11) is 0. The summed E-state index contributed by atoms with van der Waals surface area (Å²) >= 11 is 0. The largest absolute Gasteiger partial charge is 0.377 e. The Balaban J connectivity index is 2.17. The van der Waals surface area contributed by atoms with Crippen LogP contribution in [0.3, 0.4) is 0 Å². The van der Waals surface area contributed by atoms with Gasteiger partial charge in [0.1, 0.15) is 6.17 Å². The molecule has 1 amide bonds. The first kappa shape index (κ1) is 16.0. The number of carbonyl (C=O) groups excluding carboxylic acids is 1. The molecule has 1 heterocycles. The van der Waals surface area contributed by atoms with Gasteiger partial charge in [0.2, 0.25) is 5.91 Å². The molecule has 1 fully saturated rings. The summed E-state index contributed by atoms with van der Waals surface area (Å²) in [5.74, 6) is 0.192. The lowest BCUT2D eigenvalue weighted by Gasteiger charge is -2.27. The van der Waals surface area contributed by atoms with Gasteiger partial charge in [0.25, 0.3) is 0 Å². The molecule has 21 heavy (non-hydrogen) atoms. The van der Waals surface area contributed by atoms with E-state index in [1.165, 1.54) is 0 Å². The molecule has 116 valence electrons.